The molecule has 0 aromatic carbocycles. The van der Waals surface area contributed by atoms with E-state index in [2.05, 4.69) is 23.0 Å². The maximum atomic E-state index is 4.33. The van der Waals surface area contributed by atoms with Crippen LogP contribution in [0.5, 0.6) is 0 Å². The van der Waals surface area contributed by atoms with Crippen molar-refractivity contribution in [3.8, 4) is 0 Å². The Morgan fingerprint density at radius 3 is 2.92 bits per heavy atom. The number of hydrogen-bond donors (Lipinski definition) is 0. The van der Waals surface area contributed by atoms with Crippen molar-refractivity contribution in [2.75, 3.05) is 13.6 Å². The van der Waals surface area contributed by atoms with Crippen LogP contribution in [0.1, 0.15) is 11.3 Å². The molecular formula is C9H14Cl2N2. The Bertz CT molecular complexity index is 266. The lowest BCUT2D eigenvalue weighted by Gasteiger charge is -2.23. The quantitative estimate of drug-likeness (QED) is 0.665. The first-order valence-electron chi connectivity index (χ1n) is 3.97. The highest BCUT2D eigenvalue weighted by atomic mass is 35.5. The molecule has 0 atom stereocenters. The van der Waals surface area contributed by atoms with E-state index in [1.54, 1.807) is 0 Å². The molecule has 74 valence electrons. The van der Waals surface area contributed by atoms with Gasteiger partial charge in [0.05, 0.1) is 0 Å². The molecule has 0 aliphatic carbocycles. The smallest absolute Gasteiger partial charge is 0.0461 e. The van der Waals surface area contributed by atoms with Crippen LogP contribution in [0, 0.1) is 0 Å². The standard InChI is InChI=1S/C9H12N2.2ClH/c1-11-6-4-9-8(7-11)3-2-5-10-9;;/h2-3,5H,4,6-7H2,1H3;2*1H. The van der Waals surface area contributed by atoms with Gasteiger partial charge in [-0.1, -0.05) is 6.07 Å². The Morgan fingerprint density at radius 2 is 2.15 bits per heavy atom. The zero-order valence-corrected chi connectivity index (χ0v) is 9.20. The van der Waals surface area contributed by atoms with Crippen molar-refractivity contribution < 1.29 is 0 Å². The minimum absolute atomic E-state index is 0. The third-order valence-electron chi connectivity index (χ3n) is 2.16. The molecule has 13 heavy (non-hydrogen) atoms. The van der Waals surface area contributed by atoms with Crippen molar-refractivity contribution in [3.05, 3.63) is 29.6 Å². The van der Waals surface area contributed by atoms with E-state index in [4.69, 9.17) is 0 Å². The third-order valence-corrected chi connectivity index (χ3v) is 2.16. The molecule has 0 radical (unpaired) electrons. The Morgan fingerprint density at radius 1 is 1.38 bits per heavy atom. The molecule has 0 unspecified atom stereocenters. The van der Waals surface area contributed by atoms with Crippen molar-refractivity contribution in [2.24, 2.45) is 0 Å². The van der Waals surface area contributed by atoms with Crippen molar-refractivity contribution >= 4 is 24.8 Å². The SMILES string of the molecule is CN1CCc2ncccc2C1.Cl.Cl. The molecule has 0 bridgehead atoms. The molecule has 2 nitrogen and oxygen atoms in total. The summed E-state index contributed by atoms with van der Waals surface area (Å²) in [5, 5.41) is 0. The number of pyridine rings is 1. The number of likely N-dealkylation sites (N-methyl/N-ethyl adjacent to an activating group) is 1. The van der Waals surface area contributed by atoms with Crippen LogP contribution >= 0.6 is 24.8 Å². The molecule has 4 heteroatoms. The molecule has 0 amide bonds. The Balaban J connectivity index is 0.000000720. The van der Waals surface area contributed by atoms with E-state index in [-0.39, 0.29) is 24.8 Å². The van der Waals surface area contributed by atoms with Crippen LogP contribution in [0.4, 0.5) is 0 Å². The van der Waals surface area contributed by atoms with Gasteiger partial charge in [-0.15, -0.1) is 24.8 Å². The zero-order chi connectivity index (χ0) is 7.68. The predicted molar refractivity (Wildman–Crippen MR) is 58.8 cm³/mol. The average Bonchev–Trinajstić information content (AvgIpc) is 2.04. The highest BCUT2D eigenvalue weighted by molar-refractivity contribution is 5.85. The summed E-state index contributed by atoms with van der Waals surface area (Å²) >= 11 is 0. The van der Waals surface area contributed by atoms with Gasteiger partial charge >= 0.3 is 0 Å². The van der Waals surface area contributed by atoms with Gasteiger partial charge in [0.2, 0.25) is 0 Å². The Kier molecular flexibility index (Phi) is 5.30. The largest absolute Gasteiger partial charge is 0.302 e. The molecule has 1 aromatic heterocycles. The molecule has 1 aliphatic heterocycles. The van der Waals surface area contributed by atoms with Crippen LogP contribution in [-0.4, -0.2) is 23.5 Å². The van der Waals surface area contributed by atoms with E-state index in [1.807, 2.05) is 12.3 Å². The van der Waals surface area contributed by atoms with Gasteiger partial charge in [-0.2, -0.15) is 0 Å². The van der Waals surface area contributed by atoms with Crippen LogP contribution in [0.2, 0.25) is 0 Å². The lowest BCUT2D eigenvalue weighted by molar-refractivity contribution is 0.310. The fraction of sp³-hybridized carbons (Fsp3) is 0.444. The van der Waals surface area contributed by atoms with E-state index >= 15 is 0 Å². The highest BCUT2D eigenvalue weighted by Crippen LogP contribution is 2.13. The lowest BCUT2D eigenvalue weighted by atomic mass is 10.1. The first-order valence-corrected chi connectivity index (χ1v) is 3.97. The van der Waals surface area contributed by atoms with Crippen molar-refractivity contribution in [1.29, 1.82) is 0 Å². The molecule has 1 aliphatic rings. The number of nitrogens with zero attached hydrogens (tertiary/aromatic N) is 2. The van der Waals surface area contributed by atoms with Crippen LogP contribution in [0.3, 0.4) is 0 Å². The summed E-state index contributed by atoms with van der Waals surface area (Å²) in [7, 11) is 2.15. The fourth-order valence-corrected chi connectivity index (χ4v) is 1.51. The average molecular weight is 221 g/mol. The predicted octanol–water partition coefficient (Wildman–Crippen LogP) is 1.91. The Labute approximate surface area is 91.2 Å². The van der Waals surface area contributed by atoms with Gasteiger partial charge in [0.15, 0.2) is 0 Å². The van der Waals surface area contributed by atoms with Gasteiger partial charge in [0, 0.05) is 31.4 Å². The van der Waals surface area contributed by atoms with E-state index in [0.29, 0.717) is 0 Å². The molecule has 0 saturated carbocycles. The van der Waals surface area contributed by atoms with Gasteiger partial charge in [-0.25, -0.2) is 0 Å². The van der Waals surface area contributed by atoms with Crippen molar-refractivity contribution in [2.45, 2.75) is 13.0 Å². The molecule has 0 fully saturated rings. The topological polar surface area (TPSA) is 16.1 Å². The van der Waals surface area contributed by atoms with Gasteiger partial charge in [-0.05, 0) is 18.7 Å². The fourth-order valence-electron chi connectivity index (χ4n) is 1.51. The summed E-state index contributed by atoms with van der Waals surface area (Å²) in [5.74, 6) is 0. The zero-order valence-electron chi connectivity index (χ0n) is 7.56. The van der Waals surface area contributed by atoms with Gasteiger partial charge in [-0.3, -0.25) is 4.98 Å². The summed E-state index contributed by atoms with van der Waals surface area (Å²) in [6, 6.07) is 4.18. The summed E-state index contributed by atoms with van der Waals surface area (Å²) in [6.07, 6.45) is 2.98. The first-order chi connectivity index (χ1) is 5.36. The molecule has 0 saturated heterocycles. The normalized spacial score (nSPS) is 15.2. The second kappa shape index (κ2) is 5.43. The number of hydrogen-bond acceptors (Lipinski definition) is 2. The molecular weight excluding hydrogens is 207 g/mol. The molecule has 2 heterocycles. The maximum absolute atomic E-state index is 4.33. The monoisotopic (exact) mass is 220 g/mol. The maximum Gasteiger partial charge on any atom is 0.0461 e. The lowest BCUT2D eigenvalue weighted by Crippen LogP contribution is -2.26. The highest BCUT2D eigenvalue weighted by Gasteiger charge is 2.12. The van der Waals surface area contributed by atoms with Crippen LogP contribution in [0.15, 0.2) is 18.3 Å². The minimum atomic E-state index is 0. The second-order valence-electron chi connectivity index (χ2n) is 3.10. The van der Waals surface area contributed by atoms with Crippen molar-refractivity contribution in [1.82, 2.24) is 9.88 Å². The summed E-state index contributed by atoms with van der Waals surface area (Å²) < 4.78 is 0. The number of aromatic nitrogens is 1. The number of fused-ring (bicyclic) bond motifs is 1. The van der Waals surface area contributed by atoms with Crippen molar-refractivity contribution in [3.63, 3.8) is 0 Å². The summed E-state index contributed by atoms with van der Waals surface area (Å²) in [6.45, 7) is 2.20. The number of halogens is 2. The van der Waals surface area contributed by atoms with Crippen LogP contribution in [0.25, 0.3) is 0 Å². The van der Waals surface area contributed by atoms with E-state index in [9.17, 15) is 0 Å². The van der Waals surface area contributed by atoms with E-state index in [1.165, 1.54) is 11.3 Å². The second-order valence-corrected chi connectivity index (χ2v) is 3.10. The van der Waals surface area contributed by atoms with E-state index in [0.717, 1.165) is 19.5 Å². The van der Waals surface area contributed by atoms with Crippen LogP contribution < -0.4 is 0 Å². The Hall–Kier alpha value is -0.310. The molecule has 0 N–H and O–H groups in total. The molecule has 0 spiro atoms. The molecule has 2 rings (SSSR count). The van der Waals surface area contributed by atoms with Gasteiger partial charge < -0.3 is 4.90 Å². The van der Waals surface area contributed by atoms with E-state index < -0.39 is 0 Å². The summed E-state index contributed by atoms with van der Waals surface area (Å²) in [5.41, 5.74) is 2.67. The summed E-state index contributed by atoms with van der Waals surface area (Å²) in [4.78, 5) is 6.65. The van der Waals surface area contributed by atoms with Crippen LogP contribution in [-0.2, 0) is 13.0 Å². The first kappa shape index (κ1) is 12.7. The van der Waals surface area contributed by atoms with Gasteiger partial charge in [0.25, 0.3) is 0 Å². The van der Waals surface area contributed by atoms with Gasteiger partial charge in [0.1, 0.15) is 0 Å². The third kappa shape index (κ3) is 2.83. The minimum Gasteiger partial charge on any atom is -0.302 e. The number of rotatable bonds is 0. The molecule has 1 aromatic rings.